The Labute approximate surface area is 153 Å². The zero-order valence-corrected chi connectivity index (χ0v) is 14.8. The van der Waals surface area contributed by atoms with E-state index in [1.165, 1.54) is 11.8 Å². The van der Waals surface area contributed by atoms with Crippen molar-refractivity contribution in [3.8, 4) is 11.3 Å². The minimum absolute atomic E-state index is 0.0408. The largest absolute Gasteiger partial charge is 0.481 e. The molecular weight excluding hydrogens is 362 g/mol. The molecule has 2 heterocycles. The summed E-state index contributed by atoms with van der Waals surface area (Å²) in [5.41, 5.74) is 2.26. The molecule has 8 heteroatoms. The number of carboxylic acid groups (broad SMARTS) is 1. The van der Waals surface area contributed by atoms with Crippen molar-refractivity contribution in [3.63, 3.8) is 0 Å². The van der Waals surface area contributed by atoms with Crippen LogP contribution in [-0.2, 0) is 11.2 Å². The van der Waals surface area contributed by atoms with Gasteiger partial charge in [0, 0.05) is 40.7 Å². The van der Waals surface area contributed by atoms with Gasteiger partial charge in [-0.15, -0.1) is 0 Å². The van der Waals surface area contributed by atoms with Crippen molar-refractivity contribution < 1.29 is 14.3 Å². The molecule has 6 nitrogen and oxygen atoms in total. The van der Waals surface area contributed by atoms with E-state index in [4.69, 9.17) is 21.1 Å². The van der Waals surface area contributed by atoms with Crippen LogP contribution in [0.5, 0.6) is 0 Å². The number of rotatable bonds is 6. The lowest BCUT2D eigenvalue weighted by Crippen LogP contribution is -1.97. The predicted molar refractivity (Wildman–Crippen MR) is 93.8 cm³/mol. The van der Waals surface area contributed by atoms with Gasteiger partial charge in [0.25, 0.3) is 5.22 Å². The molecule has 0 saturated carbocycles. The zero-order valence-electron chi connectivity index (χ0n) is 13.3. The molecule has 0 radical (unpaired) electrons. The summed E-state index contributed by atoms with van der Waals surface area (Å²) in [7, 11) is 0. The first-order chi connectivity index (χ1) is 12.0. The third-order valence-electron chi connectivity index (χ3n) is 3.31. The van der Waals surface area contributed by atoms with Gasteiger partial charge in [-0.05, 0) is 25.1 Å². The van der Waals surface area contributed by atoms with Gasteiger partial charge in [0.2, 0.25) is 0 Å². The highest BCUT2D eigenvalue weighted by atomic mass is 35.5. The fourth-order valence-electron chi connectivity index (χ4n) is 2.15. The zero-order chi connectivity index (χ0) is 17.8. The number of hydrogen-bond acceptors (Lipinski definition) is 6. The van der Waals surface area contributed by atoms with E-state index in [1.807, 2.05) is 19.1 Å². The Morgan fingerprint density at radius 2 is 2.00 bits per heavy atom. The molecule has 0 fully saturated rings. The van der Waals surface area contributed by atoms with E-state index >= 15 is 0 Å². The van der Waals surface area contributed by atoms with Crippen molar-refractivity contribution in [2.45, 2.75) is 30.1 Å². The monoisotopic (exact) mass is 375 g/mol. The SMILES string of the molecule is Cc1ccnc(Sc2nc(-c3ccc(Cl)cc3)c(CCC(=O)O)o2)n1. The molecule has 0 spiro atoms. The minimum Gasteiger partial charge on any atom is -0.481 e. The van der Waals surface area contributed by atoms with Gasteiger partial charge >= 0.3 is 5.97 Å². The van der Waals surface area contributed by atoms with E-state index < -0.39 is 5.97 Å². The standard InChI is InChI=1S/C17H14ClN3O3S/c1-10-8-9-19-16(20-10)25-17-21-15(11-2-4-12(18)5-3-11)13(24-17)6-7-14(22)23/h2-5,8-9H,6-7H2,1H3,(H,22,23). The number of aryl methyl sites for hydroxylation is 2. The lowest BCUT2D eigenvalue weighted by atomic mass is 10.1. The molecule has 0 bridgehead atoms. The molecule has 0 aliphatic rings. The van der Waals surface area contributed by atoms with Crippen LogP contribution in [0.3, 0.4) is 0 Å². The summed E-state index contributed by atoms with van der Waals surface area (Å²) in [5.74, 6) is -0.380. The number of carbonyl (C=O) groups is 1. The minimum atomic E-state index is -0.894. The molecule has 2 aromatic heterocycles. The highest BCUT2D eigenvalue weighted by molar-refractivity contribution is 7.98. The summed E-state index contributed by atoms with van der Waals surface area (Å²) in [5, 5.41) is 10.4. The molecule has 0 saturated heterocycles. The Bertz CT molecular complexity index is 896. The van der Waals surface area contributed by atoms with E-state index in [0.717, 1.165) is 11.3 Å². The van der Waals surface area contributed by atoms with Crippen LogP contribution >= 0.6 is 23.4 Å². The molecule has 0 amide bonds. The number of aromatic nitrogens is 3. The molecule has 25 heavy (non-hydrogen) atoms. The summed E-state index contributed by atoms with van der Waals surface area (Å²) in [4.78, 5) is 23.9. The average molecular weight is 376 g/mol. The molecule has 0 aliphatic carbocycles. The maximum Gasteiger partial charge on any atom is 0.303 e. The predicted octanol–water partition coefficient (Wildman–Crippen LogP) is 4.26. The molecule has 1 N–H and O–H groups in total. The van der Waals surface area contributed by atoms with E-state index in [2.05, 4.69) is 15.0 Å². The summed E-state index contributed by atoms with van der Waals surface area (Å²) < 4.78 is 5.77. The second kappa shape index (κ2) is 7.67. The fraction of sp³-hybridized carbons (Fsp3) is 0.176. The Balaban J connectivity index is 1.93. The number of aliphatic carboxylic acids is 1. The highest BCUT2D eigenvalue weighted by Gasteiger charge is 2.18. The van der Waals surface area contributed by atoms with Gasteiger partial charge in [-0.2, -0.15) is 0 Å². The molecule has 0 aliphatic heterocycles. The molecular formula is C17H14ClN3O3S. The molecule has 0 atom stereocenters. The Morgan fingerprint density at radius 3 is 2.68 bits per heavy atom. The number of halogens is 1. The van der Waals surface area contributed by atoms with E-state index in [9.17, 15) is 4.79 Å². The summed E-state index contributed by atoms with van der Waals surface area (Å²) >= 11 is 7.12. The van der Waals surface area contributed by atoms with Crippen LogP contribution in [0.4, 0.5) is 0 Å². The van der Waals surface area contributed by atoms with Crippen molar-refractivity contribution in [2.75, 3.05) is 0 Å². The summed E-state index contributed by atoms with van der Waals surface area (Å²) in [6.45, 7) is 1.87. The van der Waals surface area contributed by atoms with Crippen LogP contribution in [0.15, 0.2) is 51.3 Å². The topological polar surface area (TPSA) is 89.1 Å². The van der Waals surface area contributed by atoms with Crippen molar-refractivity contribution in [2.24, 2.45) is 0 Å². The van der Waals surface area contributed by atoms with Gasteiger partial charge in [-0.25, -0.2) is 15.0 Å². The van der Waals surface area contributed by atoms with Crippen LogP contribution in [0.1, 0.15) is 17.9 Å². The number of oxazole rings is 1. The van der Waals surface area contributed by atoms with E-state index in [-0.39, 0.29) is 12.8 Å². The van der Waals surface area contributed by atoms with Gasteiger partial charge in [0.15, 0.2) is 5.16 Å². The van der Waals surface area contributed by atoms with Gasteiger partial charge in [-0.1, -0.05) is 23.7 Å². The Hall–Kier alpha value is -2.38. The number of nitrogens with zero attached hydrogens (tertiary/aromatic N) is 3. The summed E-state index contributed by atoms with van der Waals surface area (Å²) in [6, 6.07) is 8.95. The average Bonchev–Trinajstić information content (AvgIpc) is 2.96. The van der Waals surface area contributed by atoms with Gasteiger partial charge in [0.05, 0.1) is 6.42 Å². The fourth-order valence-corrected chi connectivity index (χ4v) is 3.01. The lowest BCUT2D eigenvalue weighted by Gasteiger charge is -2.00. The van der Waals surface area contributed by atoms with Crippen LogP contribution in [0.2, 0.25) is 5.02 Å². The van der Waals surface area contributed by atoms with Crippen LogP contribution in [-0.4, -0.2) is 26.0 Å². The Kier molecular flexibility index (Phi) is 5.35. The summed E-state index contributed by atoms with van der Waals surface area (Å²) in [6.07, 6.45) is 1.87. The quantitative estimate of drug-likeness (QED) is 0.643. The molecule has 0 unspecified atom stereocenters. The maximum absolute atomic E-state index is 10.9. The van der Waals surface area contributed by atoms with E-state index in [1.54, 1.807) is 24.4 Å². The van der Waals surface area contributed by atoms with E-state index in [0.29, 0.717) is 26.9 Å². The number of carboxylic acids is 1. The van der Waals surface area contributed by atoms with Gasteiger partial charge < -0.3 is 9.52 Å². The molecule has 1 aromatic carbocycles. The number of hydrogen-bond donors (Lipinski definition) is 1. The first-order valence-electron chi connectivity index (χ1n) is 7.46. The molecule has 128 valence electrons. The maximum atomic E-state index is 10.9. The first-order valence-corrected chi connectivity index (χ1v) is 8.65. The van der Waals surface area contributed by atoms with Crippen molar-refractivity contribution in [3.05, 3.63) is 53.0 Å². The lowest BCUT2D eigenvalue weighted by molar-refractivity contribution is -0.137. The van der Waals surface area contributed by atoms with Gasteiger partial charge in [0.1, 0.15) is 11.5 Å². The van der Waals surface area contributed by atoms with Crippen molar-refractivity contribution in [1.82, 2.24) is 15.0 Å². The normalized spacial score (nSPS) is 10.8. The third kappa shape index (κ3) is 4.58. The second-order valence-corrected chi connectivity index (χ2v) is 6.59. The van der Waals surface area contributed by atoms with Crippen molar-refractivity contribution >= 4 is 29.3 Å². The highest BCUT2D eigenvalue weighted by Crippen LogP contribution is 2.32. The first kappa shape index (κ1) is 17.4. The Morgan fingerprint density at radius 1 is 1.24 bits per heavy atom. The molecule has 3 aromatic rings. The number of benzene rings is 1. The van der Waals surface area contributed by atoms with Crippen LogP contribution < -0.4 is 0 Å². The molecule has 3 rings (SSSR count). The van der Waals surface area contributed by atoms with Crippen LogP contribution in [0, 0.1) is 6.92 Å². The third-order valence-corrected chi connectivity index (χ3v) is 4.29. The van der Waals surface area contributed by atoms with Crippen molar-refractivity contribution in [1.29, 1.82) is 0 Å². The van der Waals surface area contributed by atoms with Crippen LogP contribution in [0.25, 0.3) is 11.3 Å². The van der Waals surface area contributed by atoms with Gasteiger partial charge in [-0.3, -0.25) is 4.79 Å². The second-order valence-electron chi connectivity index (χ2n) is 5.23. The smallest absolute Gasteiger partial charge is 0.303 e.